The number of anilines is 6. The lowest BCUT2D eigenvalue weighted by Crippen LogP contribution is -2.14. The van der Waals surface area contributed by atoms with Crippen LogP contribution in [0.25, 0.3) is 60.2 Å². The molecule has 0 spiro atoms. The van der Waals surface area contributed by atoms with Crippen LogP contribution in [0.3, 0.4) is 0 Å². The maximum Gasteiger partial charge on any atom is 0.137 e. The summed E-state index contributed by atoms with van der Waals surface area (Å²) in [5, 5.41) is 6.94. The zero-order valence-corrected chi connectivity index (χ0v) is 30.5. The summed E-state index contributed by atoms with van der Waals surface area (Å²) in [5.41, 5.74) is 11.4. The van der Waals surface area contributed by atoms with Crippen LogP contribution in [-0.2, 0) is 0 Å². The zero-order valence-electron chi connectivity index (χ0n) is 30.5. The average Bonchev–Trinajstić information content (AvgIpc) is 3.79. The molecule has 0 fully saturated rings. The highest BCUT2D eigenvalue weighted by atomic mass is 16.3. The molecule has 0 aliphatic heterocycles. The quantitative estimate of drug-likeness (QED) is 0.164. The Hall–Kier alpha value is -7.56. The number of fused-ring (bicyclic) bond motifs is 7. The highest BCUT2D eigenvalue weighted by Crippen LogP contribution is 2.48. The van der Waals surface area contributed by atoms with E-state index < -0.39 is 0 Å². The Morgan fingerprint density at radius 2 is 0.857 bits per heavy atom. The van der Waals surface area contributed by atoms with Crippen molar-refractivity contribution >= 4 is 88.6 Å². The van der Waals surface area contributed by atoms with Crippen molar-refractivity contribution in [1.82, 2.24) is 4.57 Å². The molecule has 264 valence electrons. The van der Waals surface area contributed by atoms with Crippen LogP contribution < -0.4 is 9.80 Å². The topological polar surface area (TPSA) is 24.6 Å². The lowest BCUT2D eigenvalue weighted by Gasteiger charge is -2.30. The van der Waals surface area contributed by atoms with Gasteiger partial charge in [-0.1, -0.05) is 115 Å². The van der Waals surface area contributed by atoms with E-state index in [4.69, 9.17) is 4.42 Å². The second-order valence-electron chi connectivity index (χ2n) is 14.2. The molecule has 2 aromatic heterocycles. The molecule has 0 amide bonds. The molecule has 0 aliphatic carbocycles. The predicted molar refractivity (Wildman–Crippen MR) is 235 cm³/mol. The van der Waals surface area contributed by atoms with Gasteiger partial charge in [-0.25, -0.2) is 0 Å². The summed E-state index contributed by atoms with van der Waals surface area (Å²) in [6, 6.07) is 75.7. The van der Waals surface area contributed by atoms with Gasteiger partial charge in [0, 0.05) is 56.0 Å². The van der Waals surface area contributed by atoms with Crippen molar-refractivity contribution < 1.29 is 4.42 Å². The first-order valence-corrected chi connectivity index (χ1v) is 19.0. The standard InChI is InChI=1S/C52H35N3O/c1-5-19-38(20-6-1)53(39-21-7-2-8-22-39)43-33-48(54(40-23-9-3-10-24-40)41-25-11-4-12-26-41)52-45-27-15-16-28-47(45)55(49(52)34-43)42-29-30-44-46-31-36-17-13-14-18-37(36)32-50(46)56-51(44)35-42/h1-35H. The summed E-state index contributed by atoms with van der Waals surface area (Å²) in [5.74, 6) is 0. The van der Waals surface area contributed by atoms with E-state index in [1.54, 1.807) is 0 Å². The van der Waals surface area contributed by atoms with Gasteiger partial charge in [0.1, 0.15) is 11.2 Å². The van der Waals surface area contributed by atoms with E-state index in [2.05, 4.69) is 227 Å². The predicted octanol–water partition coefficient (Wildman–Crippen LogP) is 14.8. The van der Waals surface area contributed by atoms with Gasteiger partial charge < -0.3 is 18.8 Å². The van der Waals surface area contributed by atoms with Gasteiger partial charge in [0.25, 0.3) is 0 Å². The summed E-state index contributed by atoms with van der Waals surface area (Å²) in [6.07, 6.45) is 0. The van der Waals surface area contributed by atoms with Gasteiger partial charge in [-0.05, 0) is 102 Å². The molecule has 0 N–H and O–H groups in total. The molecule has 0 saturated heterocycles. The van der Waals surface area contributed by atoms with Crippen LogP contribution in [0.2, 0.25) is 0 Å². The van der Waals surface area contributed by atoms with E-state index >= 15 is 0 Å². The minimum absolute atomic E-state index is 0.862. The van der Waals surface area contributed by atoms with Crippen LogP contribution in [0, 0.1) is 0 Å². The molecule has 56 heavy (non-hydrogen) atoms. The molecule has 2 heterocycles. The molecule has 4 nitrogen and oxygen atoms in total. The van der Waals surface area contributed by atoms with E-state index in [1.165, 1.54) is 16.2 Å². The largest absolute Gasteiger partial charge is 0.456 e. The molecule has 9 aromatic carbocycles. The highest BCUT2D eigenvalue weighted by molar-refractivity contribution is 6.18. The summed E-state index contributed by atoms with van der Waals surface area (Å²) in [4.78, 5) is 4.75. The average molecular weight is 718 g/mol. The van der Waals surface area contributed by atoms with Gasteiger partial charge in [-0.15, -0.1) is 0 Å². The summed E-state index contributed by atoms with van der Waals surface area (Å²) in [7, 11) is 0. The Morgan fingerprint density at radius 1 is 0.339 bits per heavy atom. The molecule has 11 aromatic rings. The van der Waals surface area contributed by atoms with Crippen LogP contribution in [0.1, 0.15) is 0 Å². The third-order valence-electron chi connectivity index (χ3n) is 10.9. The third-order valence-corrected chi connectivity index (χ3v) is 10.9. The van der Waals surface area contributed by atoms with Crippen molar-refractivity contribution in [3.05, 3.63) is 212 Å². The van der Waals surface area contributed by atoms with Gasteiger partial charge in [0.15, 0.2) is 0 Å². The molecular weight excluding hydrogens is 683 g/mol. The number of nitrogens with zero attached hydrogens (tertiary/aromatic N) is 3. The smallest absolute Gasteiger partial charge is 0.137 e. The van der Waals surface area contributed by atoms with Crippen LogP contribution in [0.5, 0.6) is 0 Å². The van der Waals surface area contributed by atoms with Crippen LogP contribution in [0.4, 0.5) is 34.1 Å². The monoisotopic (exact) mass is 717 g/mol. The van der Waals surface area contributed by atoms with Crippen molar-refractivity contribution in [1.29, 1.82) is 0 Å². The molecule has 11 rings (SSSR count). The number of hydrogen-bond acceptors (Lipinski definition) is 3. The van der Waals surface area contributed by atoms with E-state index in [0.29, 0.717) is 0 Å². The molecule has 0 saturated carbocycles. The first-order valence-electron chi connectivity index (χ1n) is 19.0. The van der Waals surface area contributed by atoms with E-state index in [0.717, 1.165) is 78.2 Å². The maximum atomic E-state index is 6.65. The fourth-order valence-electron chi connectivity index (χ4n) is 8.42. The highest BCUT2D eigenvalue weighted by Gasteiger charge is 2.25. The second kappa shape index (κ2) is 13.1. The Balaban J connectivity index is 1.25. The maximum absolute atomic E-state index is 6.65. The Morgan fingerprint density at radius 3 is 1.48 bits per heavy atom. The molecule has 0 aliphatic rings. The molecule has 0 atom stereocenters. The van der Waals surface area contributed by atoms with Crippen LogP contribution in [0.15, 0.2) is 217 Å². The van der Waals surface area contributed by atoms with Crippen molar-refractivity contribution in [3.63, 3.8) is 0 Å². The Labute approximate surface area is 324 Å². The molecule has 0 radical (unpaired) electrons. The summed E-state index contributed by atoms with van der Waals surface area (Å²) in [6.45, 7) is 0. The molecular formula is C52H35N3O. The summed E-state index contributed by atoms with van der Waals surface area (Å²) < 4.78 is 9.05. The van der Waals surface area contributed by atoms with Crippen LogP contribution >= 0.6 is 0 Å². The first-order chi connectivity index (χ1) is 27.8. The van der Waals surface area contributed by atoms with Gasteiger partial charge in [0.2, 0.25) is 0 Å². The number of aromatic nitrogens is 1. The zero-order chi connectivity index (χ0) is 37.0. The van der Waals surface area contributed by atoms with Crippen molar-refractivity contribution in [2.75, 3.05) is 9.80 Å². The fraction of sp³-hybridized carbons (Fsp3) is 0. The SMILES string of the molecule is c1ccc(N(c2ccccc2)c2cc(N(c3ccccc3)c3ccccc3)c3c4ccccc4n(-c4ccc5c(c4)oc4cc6ccccc6cc45)c3c2)cc1. The number of furan rings is 1. The number of para-hydroxylation sites is 5. The number of rotatable bonds is 7. The normalized spacial score (nSPS) is 11.6. The van der Waals surface area contributed by atoms with Gasteiger partial charge in [-0.2, -0.15) is 0 Å². The van der Waals surface area contributed by atoms with Crippen molar-refractivity contribution in [2.45, 2.75) is 0 Å². The summed E-state index contributed by atoms with van der Waals surface area (Å²) >= 11 is 0. The lowest BCUT2D eigenvalue weighted by atomic mass is 10.1. The van der Waals surface area contributed by atoms with Gasteiger partial charge in [0.05, 0.1) is 22.4 Å². The van der Waals surface area contributed by atoms with E-state index in [1.807, 2.05) is 0 Å². The lowest BCUT2D eigenvalue weighted by molar-refractivity contribution is 0.669. The van der Waals surface area contributed by atoms with Gasteiger partial charge >= 0.3 is 0 Å². The van der Waals surface area contributed by atoms with Crippen LogP contribution in [-0.4, -0.2) is 4.57 Å². The van der Waals surface area contributed by atoms with Crippen molar-refractivity contribution in [3.8, 4) is 5.69 Å². The fourth-order valence-corrected chi connectivity index (χ4v) is 8.42. The van der Waals surface area contributed by atoms with E-state index in [9.17, 15) is 0 Å². The minimum atomic E-state index is 0.862. The Bertz CT molecular complexity index is 3110. The van der Waals surface area contributed by atoms with Crippen molar-refractivity contribution in [2.24, 2.45) is 0 Å². The third kappa shape index (κ3) is 5.23. The molecule has 0 unspecified atom stereocenters. The van der Waals surface area contributed by atoms with E-state index in [-0.39, 0.29) is 0 Å². The number of hydrogen-bond donors (Lipinski definition) is 0. The second-order valence-corrected chi connectivity index (χ2v) is 14.2. The number of benzene rings is 9. The first kappa shape index (κ1) is 31.9. The van der Waals surface area contributed by atoms with Gasteiger partial charge in [-0.3, -0.25) is 0 Å². The molecule has 0 bridgehead atoms. The minimum Gasteiger partial charge on any atom is -0.456 e. The Kier molecular flexibility index (Phi) is 7.46. The molecule has 4 heteroatoms.